The highest BCUT2D eigenvalue weighted by molar-refractivity contribution is 5.06. The van der Waals surface area contributed by atoms with E-state index in [4.69, 9.17) is 10.5 Å². The van der Waals surface area contributed by atoms with E-state index < -0.39 is 0 Å². The third-order valence-electron chi connectivity index (χ3n) is 4.54. The van der Waals surface area contributed by atoms with Crippen LogP contribution in [0.25, 0.3) is 0 Å². The van der Waals surface area contributed by atoms with E-state index in [0.717, 1.165) is 26.2 Å². The normalized spacial score (nSPS) is 28.9. The average Bonchev–Trinajstić information content (AvgIpc) is 2.56. The first-order valence-electron chi connectivity index (χ1n) is 6.48. The third-order valence-corrected chi connectivity index (χ3v) is 4.54. The van der Waals surface area contributed by atoms with Crippen molar-refractivity contribution in [2.24, 2.45) is 11.1 Å². The maximum Gasteiger partial charge on any atom is 0.0589 e. The standard InChI is InChI=1S/C13H28N2O/c1-5-15(9-10-16-4)13(11-14)8-6-7-12(13,2)3/h5-11,14H2,1-4H3. The third kappa shape index (κ3) is 2.27. The molecule has 0 aromatic heterocycles. The molecule has 1 fully saturated rings. The first-order chi connectivity index (χ1) is 7.54. The van der Waals surface area contributed by atoms with Gasteiger partial charge in [-0.1, -0.05) is 27.2 Å². The van der Waals surface area contributed by atoms with Gasteiger partial charge < -0.3 is 10.5 Å². The molecule has 0 bridgehead atoms. The van der Waals surface area contributed by atoms with Crippen molar-refractivity contribution >= 4 is 0 Å². The van der Waals surface area contributed by atoms with E-state index in [1.807, 2.05) is 0 Å². The summed E-state index contributed by atoms with van der Waals surface area (Å²) in [5, 5.41) is 0. The van der Waals surface area contributed by atoms with E-state index in [1.165, 1.54) is 19.3 Å². The van der Waals surface area contributed by atoms with Gasteiger partial charge in [-0.3, -0.25) is 4.90 Å². The summed E-state index contributed by atoms with van der Waals surface area (Å²) in [6.45, 7) is 10.6. The molecule has 3 nitrogen and oxygen atoms in total. The maximum atomic E-state index is 6.11. The van der Waals surface area contributed by atoms with Crippen molar-refractivity contribution in [1.29, 1.82) is 0 Å². The zero-order valence-corrected chi connectivity index (χ0v) is 11.4. The minimum atomic E-state index is 0.181. The smallest absolute Gasteiger partial charge is 0.0589 e. The second-order valence-corrected chi connectivity index (χ2v) is 5.55. The molecule has 1 aliphatic carbocycles. The minimum Gasteiger partial charge on any atom is -0.383 e. The number of nitrogens with zero attached hydrogens (tertiary/aromatic N) is 1. The van der Waals surface area contributed by atoms with Crippen LogP contribution in [-0.4, -0.2) is 43.8 Å². The molecule has 1 rings (SSSR count). The Morgan fingerprint density at radius 2 is 2.00 bits per heavy atom. The quantitative estimate of drug-likeness (QED) is 0.754. The van der Waals surface area contributed by atoms with Gasteiger partial charge in [-0.25, -0.2) is 0 Å². The second-order valence-electron chi connectivity index (χ2n) is 5.55. The highest BCUT2D eigenvalue weighted by atomic mass is 16.5. The fraction of sp³-hybridized carbons (Fsp3) is 1.00. The molecular weight excluding hydrogens is 200 g/mol. The Bertz CT molecular complexity index is 218. The van der Waals surface area contributed by atoms with Gasteiger partial charge in [0.05, 0.1) is 6.61 Å². The Kier molecular flexibility index (Phi) is 4.77. The van der Waals surface area contributed by atoms with Gasteiger partial charge in [-0.05, 0) is 24.8 Å². The first kappa shape index (κ1) is 13.9. The van der Waals surface area contributed by atoms with E-state index in [1.54, 1.807) is 7.11 Å². The van der Waals surface area contributed by atoms with Crippen molar-refractivity contribution in [2.45, 2.75) is 45.6 Å². The Morgan fingerprint density at radius 3 is 2.38 bits per heavy atom. The molecule has 2 N–H and O–H groups in total. The molecule has 1 saturated carbocycles. The van der Waals surface area contributed by atoms with Gasteiger partial charge in [0.2, 0.25) is 0 Å². The molecule has 16 heavy (non-hydrogen) atoms. The number of hydrogen-bond acceptors (Lipinski definition) is 3. The summed E-state index contributed by atoms with van der Waals surface area (Å²) in [7, 11) is 1.77. The summed E-state index contributed by atoms with van der Waals surface area (Å²) in [5.74, 6) is 0. The molecule has 1 unspecified atom stereocenters. The number of likely N-dealkylation sites (N-methyl/N-ethyl adjacent to an activating group) is 1. The summed E-state index contributed by atoms with van der Waals surface area (Å²) in [4.78, 5) is 2.53. The van der Waals surface area contributed by atoms with E-state index in [2.05, 4.69) is 25.7 Å². The molecule has 0 heterocycles. The van der Waals surface area contributed by atoms with Crippen molar-refractivity contribution in [3.63, 3.8) is 0 Å². The zero-order valence-electron chi connectivity index (χ0n) is 11.4. The van der Waals surface area contributed by atoms with E-state index in [9.17, 15) is 0 Å². The van der Waals surface area contributed by atoms with Crippen LogP contribution in [0.2, 0.25) is 0 Å². The molecule has 0 aromatic rings. The van der Waals surface area contributed by atoms with Crippen LogP contribution in [0.5, 0.6) is 0 Å². The van der Waals surface area contributed by atoms with Crippen molar-refractivity contribution in [1.82, 2.24) is 4.90 Å². The Hall–Kier alpha value is -0.120. The summed E-state index contributed by atoms with van der Waals surface area (Å²) < 4.78 is 5.21. The van der Waals surface area contributed by atoms with Gasteiger partial charge >= 0.3 is 0 Å². The summed E-state index contributed by atoms with van der Waals surface area (Å²) in [6, 6.07) is 0. The predicted molar refractivity (Wildman–Crippen MR) is 68.5 cm³/mol. The Morgan fingerprint density at radius 1 is 1.31 bits per heavy atom. The molecule has 0 spiro atoms. The van der Waals surface area contributed by atoms with Gasteiger partial charge in [-0.2, -0.15) is 0 Å². The SMILES string of the molecule is CCN(CCOC)C1(CN)CCCC1(C)C. The largest absolute Gasteiger partial charge is 0.383 e. The molecule has 0 aromatic carbocycles. The average molecular weight is 228 g/mol. The fourth-order valence-corrected chi connectivity index (χ4v) is 3.36. The molecule has 0 saturated heterocycles. The van der Waals surface area contributed by atoms with Crippen LogP contribution in [0.4, 0.5) is 0 Å². The molecule has 0 aliphatic heterocycles. The maximum absolute atomic E-state index is 6.11. The van der Waals surface area contributed by atoms with Gasteiger partial charge in [0, 0.05) is 25.7 Å². The van der Waals surface area contributed by atoms with Gasteiger partial charge in [-0.15, -0.1) is 0 Å². The Labute approximate surface area is 100 Å². The summed E-state index contributed by atoms with van der Waals surface area (Å²) >= 11 is 0. The molecule has 1 atom stereocenters. The molecule has 96 valence electrons. The molecule has 3 heteroatoms. The lowest BCUT2D eigenvalue weighted by atomic mass is 9.73. The monoisotopic (exact) mass is 228 g/mol. The first-order valence-corrected chi connectivity index (χ1v) is 6.48. The molecular formula is C13H28N2O. The van der Waals surface area contributed by atoms with Crippen LogP contribution in [0.3, 0.4) is 0 Å². The fourth-order valence-electron chi connectivity index (χ4n) is 3.36. The molecule has 0 radical (unpaired) electrons. The van der Waals surface area contributed by atoms with Crippen molar-refractivity contribution in [2.75, 3.05) is 33.4 Å². The zero-order chi connectivity index (χ0) is 12.2. The molecule has 1 aliphatic rings. The van der Waals surface area contributed by atoms with Crippen molar-refractivity contribution < 1.29 is 4.74 Å². The lowest BCUT2D eigenvalue weighted by Gasteiger charge is -2.49. The lowest BCUT2D eigenvalue weighted by Crippen LogP contribution is -2.60. The number of nitrogens with two attached hydrogens (primary N) is 1. The minimum absolute atomic E-state index is 0.181. The number of methoxy groups -OCH3 is 1. The highest BCUT2D eigenvalue weighted by Crippen LogP contribution is 2.48. The van der Waals surface area contributed by atoms with Crippen LogP contribution < -0.4 is 5.73 Å². The van der Waals surface area contributed by atoms with E-state index >= 15 is 0 Å². The van der Waals surface area contributed by atoms with Crippen LogP contribution in [0, 0.1) is 5.41 Å². The van der Waals surface area contributed by atoms with Crippen LogP contribution in [0.1, 0.15) is 40.0 Å². The highest BCUT2D eigenvalue weighted by Gasteiger charge is 2.50. The lowest BCUT2D eigenvalue weighted by molar-refractivity contribution is 0.000767. The topological polar surface area (TPSA) is 38.5 Å². The van der Waals surface area contributed by atoms with Crippen LogP contribution >= 0.6 is 0 Å². The van der Waals surface area contributed by atoms with Crippen molar-refractivity contribution in [3.05, 3.63) is 0 Å². The summed E-state index contributed by atoms with van der Waals surface area (Å²) in [5.41, 5.74) is 6.62. The van der Waals surface area contributed by atoms with E-state index in [0.29, 0.717) is 5.41 Å². The van der Waals surface area contributed by atoms with Crippen molar-refractivity contribution in [3.8, 4) is 0 Å². The van der Waals surface area contributed by atoms with Gasteiger partial charge in [0.1, 0.15) is 0 Å². The summed E-state index contributed by atoms with van der Waals surface area (Å²) in [6.07, 6.45) is 3.81. The van der Waals surface area contributed by atoms with E-state index in [-0.39, 0.29) is 5.54 Å². The van der Waals surface area contributed by atoms with Crippen LogP contribution in [0.15, 0.2) is 0 Å². The second kappa shape index (κ2) is 5.48. The number of rotatable bonds is 6. The predicted octanol–water partition coefficient (Wildman–Crippen LogP) is 1.86. The van der Waals surface area contributed by atoms with Gasteiger partial charge in [0.15, 0.2) is 0 Å². The van der Waals surface area contributed by atoms with Crippen LogP contribution in [-0.2, 0) is 4.74 Å². The Balaban J connectivity index is 2.84. The van der Waals surface area contributed by atoms with Gasteiger partial charge in [0.25, 0.3) is 0 Å². The number of ether oxygens (including phenoxy) is 1. The number of hydrogen-bond donors (Lipinski definition) is 1. The molecule has 0 amide bonds.